The van der Waals surface area contributed by atoms with Gasteiger partial charge in [-0.3, -0.25) is 0 Å². The fourth-order valence-electron chi connectivity index (χ4n) is 3.18. The standard InChI is InChI=1S/C15H19N3O2S/c1-11-8-13(3-2-12(11)10-16)21(19,20)18-14-9-15(14)4-6-17-7-5-15/h2-3,8,14,17-18H,4-7,9H2,1H3. The van der Waals surface area contributed by atoms with Crippen molar-refractivity contribution in [1.82, 2.24) is 10.0 Å². The molecule has 1 saturated heterocycles. The van der Waals surface area contributed by atoms with Crippen molar-refractivity contribution in [1.29, 1.82) is 5.26 Å². The van der Waals surface area contributed by atoms with Gasteiger partial charge in [-0.15, -0.1) is 0 Å². The van der Waals surface area contributed by atoms with Crippen molar-refractivity contribution in [3.8, 4) is 6.07 Å². The zero-order valence-electron chi connectivity index (χ0n) is 12.0. The van der Waals surface area contributed by atoms with Gasteiger partial charge in [0.1, 0.15) is 0 Å². The largest absolute Gasteiger partial charge is 0.317 e. The Labute approximate surface area is 125 Å². The van der Waals surface area contributed by atoms with Crippen LogP contribution in [0.2, 0.25) is 0 Å². The van der Waals surface area contributed by atoms with Gasteiger partial charge in [-0.05, 0) is 68.5 Å². The summed E-state index contributed by atoms with van der Waals surface area (Å²) in [6.45, 7) is 3.69. The molecule has 0 aromatic heterocycles. The molecule has 1 aromatic carbocycles. The van der Waals surface area contributed by atoms with Crippen LogP contribution in [-0.2, 0) is 10.0 Å². The predicted octanol–water partition coefficient (Wildman–Crippen LogP) is 1.29. The number of aryl methyl sites for hydroxylation is 1. The summed E-state index contributed by atoms with van der Waals surface area (Å²) in [6.07, 6.45) is 3.00. The van der Waals surface area contributed by atoms with Crippen molar-refractivity contribution >= 4 is 10.0 Å². The van der Waals surface area contributed by atoms with Crippen LogP contribution in [0.4, 0.5) is 0 Å². The van der Waals surface area contributed by atoms with Crippen LogP contribution >= 0.6 is 0 Å². The number of benzene rings is 1. The van der Waals surface area contributed by atoms with Crippen LogP contribution < -0.4 is 10.0 Å². The van der Waals surface area contributed by atoms with Gasteiger partial charge in [0, 0.05) is 6.04 Å². The summed E-state index contributed by atoms with van der Waals surface area (Å²) >= 11 is 0. The molecule has 1 aliphatic carbocycles. The molecule has 21 heavy (non-hydrogen) atoms. The van der Waals surface area contributed by atoms with Crippen molar-refractivity contribution in [2.75, 3.05) is 13.1 Å². The first-order valence-corrected chi connectivity index (χ1v) is 8.69. The quantitative estimate of drug-likeness (QED) is 0.881. The second-order valence-corrected chi connectivity index (χ2v) is 7.79. The number of piperidine rings is 1. The van der Waals surface area contributed by atoms with E-state index in [0.29, 0.717) is 11.1 Å². The summed E-state index contributed by atoms with van der Waals surface area (Å²) in [6, 6.07) is 6.75. The minimum Gasteiger partial charge on any atom is -0.317 e. The smallest absolute Gasteiger partial charge is 0.240 e. The molecule has 5 nitrogen and oxygen atoms in total. The van der Waals surface area contributed by atoms with Gasteiger partial charge in [0.25, 0.3) is 0 Å². The molecule has 1 aliphatic heterocycles. The zero-order chi connectivity index (χ0) is 15.1. The molecule has 1 heterocycles. The van der Waals surface area contributed by atoms with E-state index in [4.69, 9.17) is 5.26 Å². The molecule has 1 spiro atoms. The molecule has 1 unspecified atom stereocenters. The van der Waals surface area contributed by atoms with Crippen LogP contribution in [0, 0.1) is 23.7 Å². The molecule has 112 valence electrons. The molecular formula is C15H19N3O2S. The van der Waals surface area contributed by atoms with E-state index in [1.165, 1.54) is 6.07 Å². The van der Waals surface area contributed by atoms with E-state index in [-0.39, 0.29) is 16.4 Å². The van der Waals surface area contributed by atoms with Crippen LogP contribution in [0.5, 0.6) is 0 Å². The van der Waals surface area contributed by atoms with Crippen LogP contribution in [0.1, 0.15) is 30.4 Å². The first-order chi connectivity index (χ1) is 9.97. The number of nitriles is 1. The fraction of sp³-hybridized carbons (Fsp3) is 0.533. The van der Waals surface area contributed by atoms with Gasteiger partial charge < -0.3 is 5.32 Å². The number of hydrogen-bond acceptors (Lipinski definition) is 4. The van der Waals surface area contributed by atoms with Crippen LogP contribution in [0.3, 0.4) is 0 Å². The Balaban J connectivity index is 1.76. The Morgan fingerprint density at radius 1 is 1.38 bits per heavy atom. The minimum atomic E-state index is -3.50. The topological polar surface area (TPSA) is 82.0 Å². The van der Waals surface area contributed by atoms with Gasteiger partial charge in [0.15, 0.2) is 0 Å². The van der Waals surface area contributed by atoms with Crippen molar-refractivity contribution in [2.45, 2.75) is 37.1 Å². The lowest BCUT2D eigenvalue weighted by Gasteiger charge is -2.23. The van der Waals surface area contributed by atoms with Crippen molar-refractivity contribution in [3.05, 3.63) is 29.3 Å². The minimum absolute atomic E-state index is 0.0561. The van der Waals surface area contributed by atoms with Gasteiger partial charge >= 0.3 is 0 Å². The monoisotopic (exact) mass is 305 g/mol. The first-order valence-electron chi connectivity index (χ1n) is 7.21. The predicted molar refractivity (Wildman–Crippen MR) is 79.2 cm³/mol. The highest BCUT2D eigenvalue weighted by molar-refractivity contribution is 7.89. The lowest BCUT2D eigenvalue weighted by atomic mass is 9.94. The second-order valence-electron chi connectivity index (χ2n) is 6.08. The Morgan fingerprint density at radius 3 is 2.71 bits per heavy atom. The van der Waals surface area contributed by atoms with Gasteiger partial charge in [-0.1, -0.05) is 0 Å². The summed E-state index contributed by atoms with van der Waals surface area (Å²) in [5, 5.41) is 12.2. The maximum atomic E-state index is 12.5. The highest BCUT2D eigenvalue weighted by atomic mass is 32.2. The highest BCUT2D eigenvalue weighted by Crippen LogP contribution is 2.53. The Morgan fingerprint density at radius 2 is 2.10 bits per heavy atom. The molecule has 2 aliphatic rings. The van der Waals surface area contributed by atoms with E-state index in [0.717, 1.165) is 32.4 Å². The second kappa shape index (κ2) is 5.09. The number of rotatable bonds is 3. The maximum absolute atomic E-state index is 12.5. The third-order valence-electron chi connectivity index (χ3n) is 4.72. The summed E-state index contributed by atoms with van der Waals surface area (Å²) in [7, 11) is -3.50. The lowest BCUT2D eigenvalue weighted by Crippen LogP contribution is -2.36. The average molecular weight is 305 g/mol. The Kier molecular flexibility index (Phi) is 3.52. The molecule has 1 saturated carbocycles. The van der Waals surface area contributed by atoms with E-state index in [9.17, 15) is 8.42 Å². The van der Waals surface area contributed by atoms with Crippen molar-refractivity contribution in [2.24, 2.45) is 5.41 Å². The van der Waals surface area contributed by atoms with E-state index in [2.05, 4.69) is 16.1 Å². The lowest BCUT2D eigenvalue weighted by molar-refractivity contribution is 0.337. The van der Waals surface area contributed by atoms with Crippen molar-refractivity contribution in [3.63, 3.8) is 0 Å². The SMILES string of the molecule is Cc1cc(S(=O)(=O)NC2CC23CCNCC3)ccc1C#N. The van der Waals surface area contributed by atoms with E-state index in [1.807, 2.05) is 0 Å². The summed E-state index contributed by atoms with van der Waals surface area (Å²) < 4.78 is 27.7. The third kappa shape index (κ3) is 2.69. The number of sulfonamides is 1. The molecule has 2 N–H and O–H groups in total. The molecule has 0 bridgehead atoms. The highest BCUT2D eigenvalue weighted by Gasteiger charge is 2.55. The van der Waals surface area contributed by atoms with E-state index in [1.54, 1.807) is 19.1 Å². The van der Waals surface area contributed by atoms with E-state index < -0.39 is 10.0 Å². The maximum Gasteiger partial charge on any atom is 0.240 e. The Hall–Kier alpha value is -1.42. The van der Waals surface area contributed by atoms with Crippen LogP contribution in [0.15, 0.2) is 23.1 Å². The number of hydrogen-bond donors (Lipinski definition) is 2. The summed E-state index contributed by atoms with van der Waals surface area (Å²) in [4.78, 5) is 0.245. The molecular weight excluding hydrogens is 286 g/mol. The first kappa shape index (κ1) is 14.5. The number of nitrogens with one attached hydrogen (secondary N) is 2. The molecule has 1 aromatic rings. The third-order valence-corrected chi connectivity index (χ3v) is 6.18. The summed E-state index contributed by atoms with van der Waals surface area (Å²) in [5.41, 5.74) is 1.36. The molecule has 1 atom stereocenters. The van der Waals surface area contributed by atoms with Gasteiger partial charge in [0.05, 0.1) is 16.5 Å². The fourth-order valence-corrected chi connectivity index (χ4v) is 4.60. The molecule has 0 radical (unpaired) electrons. The van der Waals surface area contributed by atoms with Gasteiger partial charge in [0.2, 0.25) is 10.0 Å². The zero-order valence-corrected chi connectivity index (χ0v) is 12.8. The Bertz CT molecular complexity index is 700. The molecule has 3 rings (SSSR count). The van der Waals surface area contributed by atoms with Crippen LogP contribution in [-0.4, -0.2) is 27.5 Å². The summed E-state index contributed by atoms with van der Waals surface area (Å²) in [5.74, 6) is 0. The normalized spacial score (nSPS) is 23.7. The average Bonchev–Trinajstić information content (AvgIpc) is 3.09. The van der Waals surface area contributed by atoms with Gasteiger partial charge in [-0.2, -0.15) is 5.26 Å². The molecule has 0 amide bonds. The molecule has 2 fully saturated rings. The number of nitrogens with zero attached hydrogens (tertiary/aromatic N) is 1. The van der Waals surface area contributed by atoms with Gasteiger partial charge in [-0.25, -0.2) is 13.1 Å². The van der Waals surface area contributed by atoms with Crippen molar-refractivity contribution < 1.29 is 8.42 Å². The molecule has 6 heteroatoms. The van der Waals surface area contributed by atoms with Crippen LogP contribution in [0.25, 0.3) is 0 Å². The van der Waals surface area contributed by atoms with E-state index >= 15 is 0 Å².